The van der Waals surface area contributed by atoms with Gasteiger partial charge in [0.1, 0.15) is 0 Å². The van der Waals surface area contributed by atoms with Crippen LogP contribution in [0.5, 0.6) is 5.75 Å². The van der Waals surface area contributed by atoms with E-state index in [0.717, 1.165) is 0 Å². The van der Waals surface area contributed by atoms with Crippen LogP contribution in [0, 0.1) is 5.82 Å². The molecule has 2 aromatic rings. The summed E-state index contributed by atoms with van der Waals surface area (Å²) in [6.07, 6.45) is 0. The second-order valence-corrected chi connectivity index (χ2v) is 8.57. The number of benzene rings is 2. The van der Waals surface area contributed by atoms with Gasteiger partial charge in [-0.15, -0.1) is 0 Å². The van der Waals surface area contributed by atoms with E-state index in [1.165, 1.54) is 16.4 Å². The van der Waals surface area contributed by atoms with Crippen molar-refractivity contribution in [3.05, 3.63) is 60.4 Å². The molecule has 0 atom stereocenters. The van der Waals surface area contributed by atoms with Gasteiger partial charge in [0.15, 0.2) is 18.2 Å². The molecular formula is C20H24FN3O4S. The van der Waals surface area contributed by atoms with Gasteiger partial charge < -0.3 is 10.1 Å². The van der Waals surface area contributed by atoms with E-state index in [1.54, 1.807) is 42.5 Å². The van der Waals surface area contributed by atoms with E-state index in [1.807, 2.05) is 0 Å². The Hall–Kier alpha value is -2.49. The standard InChI is InChI=1S/C20H24FN3O4S/c21-18-8-4-5-9-19(18)28-16-20(25)22-10-11-23-12-14-24(15-13-23)29(26,27)17-6-2-1-3-7-17/h1-9H,10-16H2,(H,22,25). The first-order valence-corrected chi connectivity index (χ1v) is 10.8. The van der Waals surface area contributed by atoms with Gasteiger partial charge in [0.2, 0.25) is 10.0 Å². The summed E-state index contributed by atoms with van der Waals surface area (Å²) in [4.78, 5) is 14.2. The number of nitrogens with one attached hydrogen (secondary N) is 1. The van der Waals surface area contributed by atoms with E-state index in [4.69, 9.17) is 4.74 Å². The summed E-state index contributed by atoms with van der Waals surface area (Å²) in [7, 11) is -3.47. The van der Waals surface area contributed by atoms with Crippen LogP contribution in [0.3, 0.4) is 0 Å². The Morgan fingerprint density at radius 2 is 1.66 bits per heavy atom. The van der Waals surface area contributed by atoms with Crippen LogP contribution in [-0.4, -0.2) is 69.4 Å². The van der Waals surface area contributed by atoms with Crippen molar-refractivity contribution in [2.75, 3.05) is 45.9 Å². The van der Waals surface area contributed by atoms with E-state index in [-0.39, 0.29) is 18.3 Å². The van der Waals surface area contributed by atoms with Gasteiger partial charge in [-0.05, 0) is 24.3 Å². The molecule has 0 saturated carbocycles. The third kappa shape index (κ3) is 5.75. The first-order chi connectivity index (χ1) is 14.0. The molecule has 9 heteroatoms. The maximum absolute atomic E-state index is 13.4. The number of hydrogen-bond acceptors (Lipinski definition) is 5. The first kappa shape index (κ1) is 21.2. The molecule has 0 bridgehead atoms. The largest absolute Gasteiger partial charge is 0.481 e. The second-order valence-electron chi connectivity index (χ2n) is 6.63. The maximum atomic E-state index is 13.4. The topological polar surface area (TPSA) is 79.0 Å². The third-order valence-electron chi connectivity index (χ3n) is 4.66. The molecule has 156 valence electrons. The fraction of sp³-hybridized carbons (Fsp3) is 0.350. The van der Waals surface area contributed by atoms with Crippen molar-refractivity contribution >= 4 is 15.9 Å². The molecule has 1 fully saturated rings. The zero-order valence-electron chi connectivity index (χ0n) is 16.0. The minimum Gasteiger partial charge on any atom is -0.481 e. The quantitative estimate of drug-likeness (QED) is 0.696. The zero-order valence-corrected chi connectivity index (χ0v) is 16.8. The summed E-state index contributed by atoms with van der Waals surface area (Å²) in [5.41, 5.74) is 0. The van der Waals surface area contributed by atoms with Crippen molar-refractivity contribution < 1.29 is 22.3 Å². The highest BCUT2D eigenvalue weighted by molar-refractivity contribution is 7.89. The number of carbonyl (C=O) groups is 1. The van der Waals surface area contributed by atoms with Crippen molar-refractivity contribution in [1.29, 1.82) is 0 Å². The molecule has 0 aliphatic carbocycles. The fourth-order valence-electron chi connectivity index (χ4n) is 3.04. The van der Waals surface area contributed by atoms with Gasteiger partial charge in [-0.25, -0.2) is 12.8 Å². The fourth-order valence-corrected chi connectivity index (χ4v) is 4.49. The highest BCUT2D eigenvalue weighted by Gasteiger charge is 2.28. The van der Waals surface area contributed by atoms with Crippen LogP contribution in [0.2, 0.25) is 0 Å². The molecule has 1 amide bonds. The number of hydrogen-bond donors (Lipinski definition) is 1. The number of piperazine rings is 1. The van der Waals surface area contributed by atoms with Gasteiger partial charge >= 0.3 is 0 Å². The van der Waals surface area contributed by atoms with Crippen molar-refractivity contribution in [3.63, 3.8) is 0 Å². The molecule has 1 N–H and O–H groups in total. The highest BCUT2D eigenvalue weighted by Crippen LogP contribution is 2.17. The molecular weight excluding hydrogens is 397 g/mol. The van der Waals surface area contributed by atoms with Gasteiger partial charge in [0.25, 0.3) is 5.91 Å². The summed E-state index contributed by atoms with van der Waals surface area (Å²) in [5, 5.41) is 2.73. The zero-order chi connectivity index (χ0) is 20.7. The third-order valence-corrected chi connectivity index (χ3v) is 6.57. The molecule has 1 aliphatic rings. The number of carbonyl (C=O) groups excluding carboxylic acids is 1. The molecule has 7 nitrogen and oxygen atoms in total. The van der Waals surface area contributed by atoms with Crippen LogP contribution in [0.15, 0.2) is 59.5 Å². The molecule has 0 radical (unpaired) electrons. The molecule has 1 saturated heterocycles. The minimum absolute atomic E-state index is 0.0402. The SMILES string of the molecule is O=C(COc1ccccc1F)NCCN1CCN(S(=O)(=O)c2ccccc2)CC1. The number of ether oxygens (including phenoxy) is 1. The van der Waals surface area contributed by atoms with E-state index in [2.05, 4.69) is 10.2 Å². The van der Waals surface area contributed by atoms with E-state index in [0.29, 0.717) is 44.2 Å². The maximum Gasteiger partial charge on any atom is 0.257 e. The van der Waals surface area contributed by atoms with Crippen LogP contribution in [0.1, 0.15) is 0 Å². The predicted octanol–water partition coefficient (Wildman–Crippen LogP) is 1.33. The molecule has 29 heavy (non-hydrogen) atoms. The van der Waals surface area contributed by atoms with Gasteiger partial charge in [0.05, 0.1) is 4.90 Å². The Kier molecular flexibility index (Phi) is 7.18. The lowest BCUT2D eigenvalue weighted by Crippen LogP contribution is -2.50. The number of rotatable bonds is 8. The van der Waals surface area contributed by atoms with Crippen LogP contribution in [0.4, 0.5) is 4.39 Å². The van der Waals surface area contributed by atoms with Gasteiger partial charge in [0, 0.05) is 39.3 Å². The highest BCUT2D eigenvalue weighted by atomic mass is 32.2. The van der Waals surface area contributed by atoms with Gasteiger partial charge in [-0.2, -0.15) is 4.31 Å². The average molecular weight is 421 g/mol. The molecule has 0 aromatic heterocycles. The second kappa shape index (κ2) is 9.82. The Bertz CT molecular complexity index is 916. The molecule has 0 spiro atoms. The Balaban J connectivity index is 1.37. The summed E-state index contributed by atoms with van der Waals surface area (Å²) < 4.78 is 45.3. The Morgan fingerprint density at radius 3 is 2.34 bits per heavy atom. The molecule has 2 aromatic carbocycles. The number of para-hydroxylation sites is 1. The van der Waals surface area contributed by atoms with Crippen LogP contribution < -0.4 is 10.1 Å². The van der Waals surface area contributed by atoms with Crippen LogP contribution in [-0.2, 0) is 14.8 Å². The Labute approximate surface area is 170 Å². The first-order valence-electron chi connectivity index (χ1n) is 9.38. The van der Waals surface area contributed by atoms with Crippen LogP contribution in [0.25, 0.3) is 0 Å². The lowest BCUT2D eigenvalue weighted by Gasteiger charge is -2.33. The summed E-state index contributed by atoms with van der Waals surface area (Å²) in [6.45, 7) is 2.74. The van der Waals surface area contributed by atoms with Crippen molar-refractivity contribution in [3.8, 4) is 5.75 Å². The van der Waals surface area contributed by atoms with E-state index in [9.17, 15) is 17.6 Å². The van der Waals surface area contributed by atoms with Crippen molar-refractivity contribution in [2.24, 2.45) is 0 Å². The summed E-state index contributed by atoms with van der Waals surface area (Å²) in [6, 6.07) is 14.3. The van der Waals surface area contributed by atoms with Gasteiger partial charge in [-0.1, -0.05) is 30.3 Å². The smallest absolute Gasteiger partial charge is 0.257 e. The number of amides is 1. The molecule has 1 aliphatic heterocycles. The number of halogens is 1. The summed E-state index contributed by atoms with van der Waals surface area (Å²) >= 11 is 0. The Morgan fingerprint density at radius 1 is 1.00 bits per heavy atom. The van der Waals surface area contributed by atoms with Gasteiger partial charge in [-0.3, -0.25) is 9.69 Å². The molecule has 3 rings (SSSR count). The van der Waals surface area contributed by atoms with Crippen LogP contribution >= 0.6 is 0 Å². The average Bonchev–Trinajstić information content (AvgIpc) is 2.74. The lowest BCUT2D eigenvalue weighted by atomic mass is 10.3. The number of nitrogens with zero attached hydrogens (tertiary/aromatic N) is 2. The molecule has 1 heterocycles. The number of sulfonamides is 1. The van der Waals surface area contributed by atoms with Crippen molar-refractivity contribution in [2.45, 2.75) is 4.90 Å². The van der Waals surface area contributed by atoms with E-state index < -0.39 is 15.8 Å². The predicted molar refractivity (Wildman–Crippen MR) is 107 cm³/mol. The molecule has 0 unspecified atom stereocenters. The normalized spacial score (nSPS) is 15.8. The van der Waals surface area contributed by atoms with Crippen molar-refractivity contribution in [1.82, 2.24) is 14.5 Å². The minimum atomic E-state index is -3.47. The summed E-state index contributed by atoms with van der Waals surface area (Å²) in [5.74, 6) is -0.805. The lowest BCUT2D eigenvalue weighted by molar-refractivity contribution is -0.123. The monoisotopic (exact) mass is 421 g/mol. The van der Waals surface area contributed by atoms with E-state index >= 15 is 0 Å².